The smallest absolute Gasteiger partial charge is 0.119 e. The topological polar surface area (TPSA) is 48.0 Å². The largest absolute Gasteiger partial charge is 0.491 e. The Balaban J connectivity index is 0.00000181. The summed E-state index contributed by atoms with van der Waals surface area (Å²) >= 11 is 0. The molecule has 178 valence electrons. The van der Waals surface area contributed by atoms with Crippen molar-refractivity contribution in [3.05, 3.63) is 65.2 Å². The van der Waals surface area contributed by atoms with Gasteiger partial charge in [-0.3, -0.25) is 9.80 Å². The van der Waals surface area contributed by atoms with Gasteiger partial charge in [-0.05, 0) is 62.2 Å². The zero-order valence-corrected chi connectivity index (χ0v) is 20.7. The van der Waals surface area contributed by atoms with Crippen molar-refractivity contribution in [3.8, 4) is 5.75 Å². The lowest BCUT2D eigenvalue weighted by Crippen LogP contribution is -2.36. The number of ether oxygens (including phenoxy) is 1. The highest BCUT2D eigenvalue weighted by Crippen LogP contribution is 2.26. The van der Waals surface area contributed by atoms with Gasteiger partial charge in [0.25, 0.3) is 0 Å². The zero-order valence-electron chi connectivity index (χ0n) is 19.1. The number of fused-ring (bicyclic) bond motifs is 1. The average Bonchev–Trinajstić information content (AvgIpc) is 3.31. The molecule has 2 aromatic rings. The van der Waals surface area contributed by atoms with Crippen molar-refractivity contribution in [2.24, 2.45) is 11.8 Å². The number of hydrogen-bond donors (Lipinski definition) is 2. The zero-order chi connectivity index (χ0) is 20.9. The van der Waals surface area contributed by atoms with Crippen LogP contribution < -0.4 is 10.1 Å². The van der Waals surface area contributed by atoms with Gasteiger partial charge in [0.2, 0.25) is 0 Å². The minimum Gasteiger partial charge on any atom is -0.491 e. The average molecular weight is 482 g/mol. The van der Waals surface area contributed by atoms with Crippen molar-refractivity contribution in [1.82, 2.24) is 15.1 Å². The van der Waals surface area contributed by atoms with E-state index in [1.807, 2.05) is 12.1 Å². The third kappa shape index (κ3) is 7.62. The number of nitrogens with one attached hydrogen (secondary N) is 1. The molecule has 5 nitrogen and oxygen atoms in total. The molecule has 7 heteroatoms. The Bertz CT molecular complexity index is 792. The van der Waals surface area contributed by atoms with Crippen LogP contribution >= 0.6 is 24.8 Å². The van der Waals surface area contributed by atoms with Crippen molar-refractivity contribution >= 4 is 24.8 Å². The van der Waals surface area contributed by atoms with Gasteiger partial charge < -0.3 is 15.2 Å². The van der Waals surface area contributed by atoms with Gasteiger partial charge >= 0.3 is 0 Å². The fourth-order valence-corrected chi connectivity index (χ4v) is 4.71. The summed E-state index contributed by atoms with van der Waals surface area (Å²) in [6.45, 7) is 9.43. The van der Waals surface area contributed by atoms with Gasteiger partial charge in [0.05, 0.1) is 0 Å². The van der Waals surface area contributed by atoms with E-state index in [1.165, 1.54) is 16.7 Å². The van der Waals surface area contributed by atoms with Crippen LogP contribution in [0.15, 0.2) is 48.5 Å². The Labute approximate surface area is 205 Å². The van der Waals surface area contributed by atoms with Crippen LogP contribution in [0.5, 0.6) is 5.75 Å². The van der Waals surface area contributed by atoms with E-state index in [0.717, 1.165) is 56.9 Å². The predicted octanol–water partition coefficient (Wildman–Crippen LogP) is 3.36. The quantitative estimate of drug-likeness (QED) is 0.574. The SMILES string of the molecule is Cc1ccc(CN(C)Cc2ccc(OCC(O)CN3C[C@H]4CNC[C@H]4C3)cc2)cc1.Cl.Cl. The standard InChI is InChI=1S/C25H35N3O2.2ClH/c1-19-3-5-20(6-4-19)13-27(2)14-21-7-9-25(10-8-21)30-18-24(29)17-28-15-22-11-26-12-23(22)16-28;;/h3-10,22-24,26,29H,11-18H2,1-2H3;2*1H/t22-,23+,24?;;. The van der Waals surface area contributed by atoms with Gasteiger partial charge in [-0.25, -0.2) is 0 Å². The number of nitrogens with zero attached hydrogens (tertiary/aromatic N) is 2. The number of hydrogen-bond acceptors (Lipinski definition) is 5. The molecule has 0 aliphatic carbocycles. The van der Waals surface area contributed by atoms with Gasteiger partial charge in [0.1, 0.15) is 18.5 Å². The molecule has 0 spiro atoms. The first-order chi connectivity index (χ1) is 14.5. The van der Waals surface area contributed by atoms with E-state index >= 15 is 0 Å². The fraction of sp³-hybridized carbons (Fsp3) is 0.520. The first-order valence-corrected chi connectivity index (χ1v) is 11.1. The normalized spacial score (nSPS) is 21.0. The molecule has 2 N–H and O–H groups in total. The molecule has 2 aliphatic heterocycles. The third-order valence-electron chi connectivity index (χ3n) is 6.33. The van der Waals surface area contributed by atoms with E-state index < -0.39 is 6.10 Å². The number of halogens is 2. The Morgan fingerprint density at radius 2 is 1.50 bits per heavy atom. The summed E-state index contributed by atoms with van der Waals surface area (Å²) in [7, 11) is 2.14. The Hall–Kier alpha value is -1.34. The highest BCUT2D eigenvalue weighted by atomic mass is 35.5. The molecule has 32 heavy (non-hydrogen) atoms. The molecule has 0 amide bonds. The van der Waals surface area contributed by atoms with Crippen LogP contribution in [0.25, 0.3) is 0 Å². The van der Waals surface area contributed by atoms with Crippen LogP contribution in [0.1, 0.15) is 16.7 Å². The molecule has 1 unspecified atom stereocenters. The van der Waals surface area contributed by atoms with Crippen molar-refractivity contribution in [1.29, 1.82) is 0 Å². The van der Waals surface area contributed by atoms with Gasteiger partial charge in [-0.1, -0.05) is 42.0 Å². The molecule has 2 heterocycles. The second-order valence-electron chi connectivity index (χ2n) is 9.16. The summed E-state index contributed by atoms with van der Waals surface area (Å²) in [6, 6.07) is 17.0. The number of rotatable bonds is 9. The van der Waals surface area contributed by atoms with Crippen LogP contribution in [-0.2, 0) is 13.1 Å². The lowest BCUT2D eigenvalue weighted by Gasteiger charge is -2.21. The summed E-state index contributed by atoms with van der Waals surface area (Å²) in [5, 5.41) is 13.8. The van der Waals surface area contributed by atoms with Crippen LogP contribution in [0.2, 0.25) is 0 Å². The van der Waals surface area contributed by atoms with Crippen molar-refractivity contribution < 1.29 is 9.84 Å². The Morgan fingerprint density at radius 1 is 0.969 bits per heavy atom. The monoisotopic (exact) mass is 481 g/mol. The minimum atomic E-state index is -0.447. The summed E-state index contributed by atoms with van der Waals surface area (Å²) in [5.74, 6) is 2.34. The van der Waals surface area contributed by atoms with Crippen LogP contribution in [0.3, 0.4) is 0 Å². The molecule has 0 aromatic heterocycles. The predicted molar refractivity (Wildman–Crippen MR) is 135 cm³/mol. The number of aliphatic hydroxyl groups is 1. The van der Waals surface area contributed by atoms with Crippen molar-refractivity contribution in [3.63, 3.8) is 0 Å². The van der Waals surface area contributed by atoms with Crippen LogP contribution in [-0.4, -0.2) is 67.4 Å². The third-order valence-corrected chi connectivity index (χ3v) is 6.33. The molecule has 2 fully saturated rings. The Kier molecular flexibility index (Phi) is 10.7. The molecule has 2 aromatic carbocycles. The molecule has 0 bridgehead atoms. The number of β-amino-alcohol motifs (C(OH)–C–C–N with tert-alkyl or cyclic N) is 1. The van der Waals surface area contributed by atoms with E-state index in [2.05, 4.69) is 65.5 Å². The highest BCUT2D eigenvalue weighted by molar-refractivity contribution is 5.85. The van der Waals surface area contributed by atoms with E-state index in [1.54, 1.807) is 0 Å². The van der Waals surface area contributed by atoms with Gasteiger partial charge in [0, 0.05) is 32.7 Å². The highest BCUT2D eigenvalue weighted by Gasteiger charge is 2.36. The fourth-order valence-electron chi connectivity index (χ4n) is 4.71. The molecular formula is C25H37Cl2N3O2. The van der Waals surface area contributed by atoms with Gasteiger partial charge in [0.15, 0.2) is 0 Å². The summed E-state index contributed by atoms with van der Waals surface area (Å²) in [4.78, 5) is 4.70. The second kappa shape index (κ2) is 12.8. The lowest BCUT2D eigenvalue weighted by atomic mass is 10.0. The van der Waals surface area contributed by atoms with E-state index in [9.17, 15) is 5.11 Å². The maximum Gasteiger partial charge on any atom is 0.119 e. The van der Waals surface area contributed by atoms with Gasteiger partial charge in [-0.2, -0.15) is 0 Å². The number of aliphatic hydroxyl groups excluding tert-OH is 1. The maximum atomic E-state index is 10.4. The molecule has 4 rings (SSSR count). The number of likely N-dealkylation sites (tertiary alicyclic amines) is 1. The molecule has 2 aliphatic rings. The van der Waals surface area contributed by atoms with E-state index in [0.29, 0.717) is 13.2 Å². The van der Waals surface area contributed by atoms with Crippen LogP contribution in [0.4, 0.5) is 0 Å². The van der Waals surface area contributed by atoms with E-state index in [-0.39, 0.29) is 24.8 Å². The molecule has 0 saturated carbocycles. The number of aryl methyl sites for hydroxylation is 1. The lowest BCUT2D eigenvalue weighted by molar-refractivity contribution is 0.0736. The van der Waals surface area contributed by atoms with Gasteiger partial charge in [-0.15, -0.1) is 24.8 Å². The minimum absolute atomic E-state index is 0. The molecule has 3 atom stereocenters. The van der Waals surface area contributed by atoms with E-state index in [4.69, 9.17) is 4.74 Å². The summed E-state index contributed by atoms with van der Waals surface area (Å²) < 4.78 is 5.84. The molecule has 0 radical (unpaired) electrons. The Morgan fingerprint density at radius 3 is 2.06 bits per heavy atom. The van der Waals surface area contributed by atoms with Crippen molar-refractivity contribution in [2.75, 3.05) is 46.4 Å². The van der Waals surface area contributed by atoms with Crippen LogP contribution in [0, 0.1) is 18.8 Å². The summed E-state index contributed by atoms with van der Waals surface area (Å²) in [6.07, 6.45) is -0.447. The maximum absolute atomic E-state index is 10.4. The summed E-state index contributed by atoms with van der Waals surface area (Å²) in [5.41, 5.74) is 3.88. The van der Waals surface area contributed by atoms with Crippen molar-refractivity contribution in [2.45, 2.75) is 26.1 Å². The first kappa shape index (κ1) is 26.9. The second-order valence-corrected chi connectivity index (χ2v) is 9.16. The molecule has 2 saturated heterocycles. The molecular weight excluding hydrogens is 445 g/mol. The number of benzene rings is 2. The first-order valence-electron chi connectivity index (χ1n) is 11.1.